The molecule has 0 saturated heterocycles. The fraction of sp³-hybridized carbons (Fsp3) is 0.150. The third-order valence-electron chi connectivity index (χ3n) is 3.42. The highest BCUT2D eigenvalue weighted by molar-refractivity contribution is 5.86. The van der Waals surface area contributed by atoms with E-state index in [9.17, 15) is 4.79 Å². The molecule has 24 heavy (non-hydrogen) atoms. The lowest BCUT2D eigenvalue weighted by Crippen LogP contribution is -2.28. The monoisotopic (exact) mass is 321 g/mol. The smallest absolute Gasteiger partial charge is 0.411 e. The van der Waals surface area contributed by atoms with Gasteiger partial charge < -0.3 is 9.84 Å². The quantitative estimate of drug-likeness (QED) is 0.635. The predicted octanol–water partition coefficient (Wildman–Crippen LogP) is 4.37. The SMILES string of the molecule is C#CCOc1ccc(/C=C/c2ccc(N(CC)C(=O)O)cc2)cc1. The van der Waals surface area contributed by atoms with Crippen molar-refractivity contribution in [2.45, 2.75) is 6.92 Å². The van der Waals surface area contributed by atoms with Gasteiger partial charge in [0.25, 0.3) is 0 Å². The minimum Gasteiger partial charge on any atom is -0.481 e. The Hall–Kier alpha value is -3.19. The Kier molecular flexibility index (Phi) is 6.04. The molecule has 0 radical (unpaired) electrons. The van der Waals surface area contributed by atoms with E-state index in [1.54, 1.807) is 19.1 Å². The normalized spacial score (nSPS) is 10.3. The maximum Gasteiger partial charge on any atom is 0.411 e. The third kappa shape index (κ3) is 4.65. The number of carboxylic acid groups (broad SMARTS) is 1. The molecule has 0 aliphatic heterocycles. The van der Waals surface area contributed by atoms with Gasteiger partial charge in [0.15, 0.2) is 0 Å². The second kappa shape index (κ2) is 8.44. The van der Waals surface area contributed by atoms with Gasteiger partial charge in [-0.1, -0.05) is 42.3 Å². The lowest BCUT2D eigenvalue weighted by atomic mass is 10.1. The highest BCUT2D eigenvalue weighted by Crippen LogP contribution is 2.18. The molecule has 0 fully saturated rings. The summed E-state index contributed by atoms with van der Waals surface area (Å²) in [6.45, 7) is 2.48. The highest BCUT2D eigenvalue weighted by atomic mass is 16.5. The maximum absolute atomic E-state index is 11.1. The largest absolute Gasteiger partial charge is 0.481 e. The van der Waals surface area contributed by atoms with Gasteiger partial charge >= 0.3 is 6.09 Å². The molecule has 0 unspecified atom stereocenters. The molecule has 4 nitrogen and oxygen atoms in total. The second-order valence-corrected chi connectivity index (χ2v) is 5.01. The Bertz CT molecular complexity index is 740. The summed E-state index contributed by atoms with van der Waals surface area (Å²) in [6.07, 6.45) is 8.15. The minimum absolute atomic E-state index is 0.257. The summed E-state index contributed by atoms with van der Waals surface area (Å²) >= 11 is 0. The van der Waals surface area contributed by atoms with Crippen molar-refractivity contribution in [1.29, 1.82) is 0 Å². The fourth-order valence-electron chi connectivity index (χ4n) is 2.19. The summed E-state index contributed by atoms with van der Waals surface area (Å²) in [6, 6.07) is 15.0. The number of hydrogen-bond donors (Lipinski definition) is 1. The number of rotatable bonds is 6. The lowest BCUT2D eigenvalue weighted by Gasteiger charge is -2.16. The fourth-order valence-corrected chi connectivity index (χ4v) is 2.19. The van der Waals surface area contributed by atoms with Gasteiger partial charge in [0, 0.05) is 12.2 Å². The molecule has 0 bridgehead atoms. The summed E-state index contributed by atoms with van der Waals surface area (Å²) < 4.78 is 5.33. The Labute approximate surface area is 142 Å². The van der Waals surface area contributed by atoms with Crippen molar-refractivity contribution < 1.29 is 14.6 Å². The molecule has 4 heteroatoms. The molecule has 1 N–H and O–H groups in total. The molecule has 0 heterocycles. The van der Waals surface area contributed by atoms with Crippen LogP contribution in [0.2, 0.25) is 0 Å². The summed E-state index contributed by atoms with van der Waals surface area (Å²) in [5, 5.41) is 9.12. The summed E-state index contributed by atoms with van der Waals surface area (Å²) in [5.41, 5.74) is 2.69. The van der Waals surface area contributed by atoms with Crippen LogP contribution < -0.4 is 9.64 Å². The standard InChI is InChI=1S/C20H19NO3/c1-3-15-24-19-13-9-17(10-14-19)6-5-16-7-11-18(12-8-16)21(4-2)20(22)23/h1,5-14H,4,15H2,2H3,(H,22,23)/b6-5+. The first-order valence-electron chi connectivity index (χ1n) is 7.59. The van der Waals surface area contributed by atoms with Gasteiger partial charge in [-0.3, -0.25) is 4.90 Å². The van der Waals surface area contributed by atoms with Gasteiger partial charge in [-0.15, -0.1) is 6.42 Å². The van der Waals surface area contributed by atoms with E-state index in [2.05, 4.69) is 5.92 Å². The molecule has 0 spiro atoms. The molecule has 2 rings (SSSR count). The van der Waals surface area contributed by atoms with Gasteiger partial charge in [0.2, 0.25) is 0 Å². The van der Waals surface area contributed by atoms with E-state index < -0.39 is 6.09 Å². The van der Waals surface area contributed by atoms with E-state index >= 15 is 0 Å². The van der Waals surface area contributed by atoms with E-state index in [-0.39, 0.29) is 6.61 Å². The second-order valence-electron chi connectivity index (χ2n) is 5.01. The Morgan fingerprint density at radius 3 is 2.12 bits per heavy atom. The summed E-state index contributed by atoms with van der Waals surface area (Å²) in [4.78, 5) is 12.4. The zero-order chi connectivity index (χ0) is 17.4. The van der Waals surface area contributed by atoms with Gasteiger partial charge in [-0.05, 0) is 42.3 Å². The van der Waals surface area contributed by atoms with Crippen LogP contribution in [0.25, 0.3) is 12.2 Å². The number of carbonyl (C=O) groups is 1. The summed E-state index contributed by atoms with van der Waals surface area (Å²) in [5.74, 6) is 3.16. The third-order valence-corrected chi connectivity index (χ3v) is 3.42. The first-order chi connectivity index (χ1) is 11.6. The summed E-state index contributed by atoms with van der Waals surface area (Å²) in [7, 11) is 0. The Morgan fingerprint density at radius 1 is 1.12 bits per heavy atom. The molecule has 0 aliphatic carbocycles. The number of anilines is 1. The van der Waals surface area contributed by atoms with Gasteiger partial charge in [-0.25, -0.2) is 4.79 Å². The van der Waals surface area contributed by atoms with E-state index in [0.717, 1.165) is 16.9 Å². The van der Waals surface area contributed by atoms with Gasteiger partial charge in [0.05, 0.1) is 0 Å². The number of benzene rings is 2. The van der Waals surface area contributed by atoms with Crippen molar-refractivity contribution in [2.24, 2.45) is 0 Å². The molecule has 0 aliphatic rings. The first kappa shape index (κ1) is 17.2. The van der Waals surface area contributed by atoms with Crippen LogP contribution in [0.3, 0.4) is 0 Å². The average Bonchev–Trinajstić information content (AvgIpc) is 2.60. The molecule has 1 amide bonds. The van der Waals surface area contributed by atoms with Crippen molar-refractivity contribution in [3.05, 3.63) is 59.7 Å². The van der Waals surface area contributed by atoms with Crippen molar-refractivity contribution >= 4 is 23.9 Å². The molecule has 0 saturated carbocycles. The molecule has 0 aromatic heterocycles. The van der Waals surface area contributed by atoms with Crippen LogP contribution >= 0.6 is 0 Å². The van der Waals surface area contributed by atoms with Gasteiger partial charge in [-0.2, -0.15) is 0 Å². The molecular weight excluding hydrogens is 302 g/mol. The van der Waals surface area contributed by atoms with Crippen molar-refractivity contribution in [3.63, 3.8) is 0 Å². The molecule has 0 atom stereocenters. The minimum atomic E-state index is -0.951. The van der Waals surface area contributed by atoms with Crippen LogP contribution in [0, 0.1) is 12.3 Å². The number of ether oxygens (including phenoxy) is 1. The van der Waals surface area contributed by atoms with Crippen LogP contribution in [0.15, 0.2) is 48.5 Å². The molecule has 122 valence electrons. The number of nitrogens with zero attached hydrogens (tertiary/aromatic N) is 1. The highest BCUT2D eigenvalue weighted by Gasteiger charge is 2.10. The van der Waals surface area contributed by atoms with Crippen LogP contribution in [-0.4, -0.2) is 24.4 Å². The molecular formula is C20H19NO3. The molecule has 2 aromatic carbocycles. The predicted molar refractivity (Wildman–Crippen MR) is 97.2 cm³/mol. The van der Waals surface area contributed by atoms with Crippen LogP contribution in [-0.2, 0) is 0 Å². The molecule has 2 aromatic rings. The average molecular weight is 321 g/mol. The zero-order valence-electron chi connectivity index (χ0n) is 13.5. The van der Waals surface area contributed by atoms with Gasteiger partial charge in [0.1, 0.15) is 12.4 Å². The number of hydrogen-bond acceptors (Lipinski definition) is 2. The van der Waals surface area contributed by atoms with Crippen molar-refractivity contribution in [3.8, 4) is 18.1 Å². The topological polar surface area (TPSA) is 49.8 Å². The maximum atomic E-state index is 11.1. The van der Waals surface area contributed by atoms with E-state index in [4.69, 9.17) is 16.3 Å². The zero-order valence-corrected chi connectivity index (χ0v) is 13.5. The van der Waals surface area contributed by atoms with Crippen LogP contribution in [0.4, 0.5) is 10.5 Å². The Balaban J connectivity index is 2.04. The van der Waals surface area contributed by atoms with Crippen molar-refractivity contribution in [2.75, 3.05) is 18.1 Å². The van der Waals surface area contributed by atoms with Crippen LogP contribution in [0.1, 0.15) is 18.1 Å². The number of amides is 1. The van der Waals surface area contributed by atoms with Crippen molar-refractivity contribution in [1.82, 2.24) is 0 Å². The lowest BCUT2D eigenvalue weighted by molar-refractivity contribution is 0.202. The van der Waals surface area contributed by atoms with Crippen LogP contribution in [0.5, 0.6) is 5.75 Å². The number of terminal acetylenes is 1. The first-order valence-corrected chi connectivity index (χ1v) is 7.59. The van der Waals surface area contributed by atoms with E-state index in [1.807, 2.05) is 48.6 Å². The Morgan fingerprint density at radius 2 is 1.67 bits per heavy atom. The van der Waals surface area contributed by atoms with E-state index in [0.29, 0.717) is 12.2 Å². The van der Waals surface area contributed by atoms with E-state index in [1.165, 1.54) is 4.90 Å².